The topological polar surface area (TPSA) is 82.3 Å². The molecule has 0 unspecified atom stereocenters. The molecule has 0 atom stereocenters. The van der Waals surface area contributed by atoms with Crippen LogP contribution in [0.4, 0.5) is 0 Å². The third kappa shape index (κ3) is 6.60. The van der Waals surface area contributed by atoms with E-state index < -0.39 is 0 Å². The van der Waals surface area contributed by atoms with Gasteiger partial charge in [0.05, 0.1) is 16.7 Å². The molecule has 0 aliphatic rings. The van der Waals surface area contributed by atoms with E-state index in [9.17, 15) is 0 Å². The van der Waals surface area contributed by atoms with Gasteiger partial charge in [-0.2, -0.15) is 0 Å². The summed E-state index contributed by atoms with van der Waals surface area (Å²) in [7, 11) is 0. The Morgan fingerprint density at radius 2 is 0.552 bits per heavy atom. The van der Waals surface area contributed by atoms with Gasteiger partial charge < -0.3 is 4.57 Å². The zero-order valence-electron chi connectivity index (χ0n) is 36.0. The lowest BCUT2D eigenvalue weighted by atomic mass is 9.93. The van der Waals surface area contributed by atoms with Crippen LogP contribution < -0.4 is 0 Å². The summed E-state index contributed by atoms with van der Waals surface area (Å²) in [5.41, 5.74) is 8.22. The molecule has 0 aliphatic heterocycles. The fraction of sp³-hybridized carbons (Fsp3) is 0. The normalized spacial score (nSPS) is 11.6. The van der Waals surface area contributed by atoms with Crippen molar-refractivity contribution in [2.75, 3.05) is 0 Å². The molecule has 3 heterocycles. The van der Waals surface area contributed by atoms with Crippen LogP contribution in [0.3, 0.4) is 0 Å². The largest absolute Gasteiger partial charge is 0.309 e. The van der Waals surface area contributed by atoms with Crippen molar-refractivity contribution in [3.63, 3.8) is 0 Å². The molecule has 0 saturated carbocycles. The van der Waals surface area contributed by atoms with Crippen molar-refractivity contribution in [2.45, 2.75) is 0 Å². The standard InChI is InChI=1S/C60H37N7/c1-4-18-38(19-5-1)55-62-58(41-32-34-47-45-26-11-10-24-43(45)44-25-12-13-27-46(44)50(47)36-41)64-59(63-55)42-33-35-54(67-52-30-16-14-28-48(52)49-29-15-17-31-53(49)67)51(37-42)60-65-56(39-20-6-2-7-21-39)61-57(66-60)40-22-8-3-9-23-40/h1-37H. The van der Waals surface area contributed by atoms with Gasteiger partial charge in [0.2, 0.25) is 0 Å². The van der Waals surface area contributed by atoms with E-state index in [1.807, 2.05) is 91.0 Å². The third-order valence-corrected chi connectivity index (χ3v) is 12.7. The van der Waals surface area contributed by atoms with Gasteiger partial charge in [-0.25, -0.2) is 29.9 Å². The second kappa shape index (κ2) is 15.8. The predicted molar refractivity (Wildman–Crippen MR) is 273 cm³/mol. The van der Waals surface area contributed by atoms with Crippen LogP contribution in [0.1, 0.15) is 0 Å². The van der Waals surface area contributed by atoms with Gasteiger partial charge in [0, 0.05) is 44.2 Å². The molecule has 0 radical (unpaired) electrons. The molecule has 13 rings (SSSR count). The molecule has 13 aromatic rings. The summed E-state index contributed by atoms with van der Waals surface area (Å²) >= 11 is 0. The molecule has 10 aromatic carbocycles. The van der Waals surface area contributed by atoms with Crippen molar-refractivity contribution in [3.8, 4) is 74.0 Å². The van der Waals surface area contributed by atoms with Crippen LogP contribution in [-0.4, -0.2) is 34.5 Å². The predicted octanol–water partition coefficient (Wildman–Crippen LogP) is 14.6. The van der Waals surface area contributed by atoms with Crippen LogP contribution in [0.15, 0.2) is 224 Å². The lowest BCUT2D eigenvalue weighted by molar-refractivity contribution is 1.06. The number of aromatic nitrogens is 7. The summed E-state index contributed by atoms with van der Waals surface area (Å²) < 4.78 is 2.31. The first-order valence-corrected chi connectivity index (χ1v) is 22.4. The van der Waals surface area contributed by atoms with Crippen LogP contribution in [0.2, 0.25) is 0 Å². The molecule has 0 amide bonds. The van der Waals surface area contributed by atoms with E-state index >= 15 is 0 Å². The molecule has 0 bridgehead atoms. The number of fused-ring (bicyclic) bond motifs is 9. The maximum atomic E-state index is 5.32. The van der Waals surface area contributed by atoms with E-state index in [4.69, 9.17) is 29.9 Å². The van der Waals surface area contributed by atoms with Crippen LogP contribution in [0.5, 0.6) is 0 Å². The molecule has 0 spiro atoms. The van der Waals surface area contributed by atoms with Gasteiger partial charge in [0.15, 0.2) is 34.9 Å². The smallest absolute Gasteiger partial charge is 0.166 e. The Balaban J connectivity index is 1.07. The molecule has 0 saturated heterocycles. The highest BCUT2D eigenvalue weighted by Crippen LogP contribution is 2.40. The van der Waals surface area contributed by atoms with Gasteiger partial charge in [0.1, 0.15) is 0 Å². The molecule has 0 N–H and O–H groups in total. The van der Waals surface area contributed by atoms with Gasteiger partial charge in [-0.3, -0.25) is 0 Å². The lowest BCUT2D eigenvalue weighted by Gasteiger charge is -2.16. The average Bonchev–Trinajstić information content (AvgIpc) is 3.75. The minimum atomic E-state index is 0.526. The van der Waals surface area contributed by atoms with E-state index in [1.165, 1.54) is 26.9 Å². The van der Waals surface area contributed by atoms with Crippen molar-refractivity contribution >= 4 is 54.1 Å². The van der Waals surface area contributed by atoms with Crippen LogP contribution >= 0.6 is 0 Å². The van der Waals surface area contributed by atoms with Crippen LogP contribution in [-0.2, 0) is 0 Å². The van der Waals surface area contributed by atoms with Crippen LogP contribution in [0.25, 0.3) is 128 Å². The summed E-state index contributed by atoms with van der Waals surface area (Å²) in [5.74, 6) is 3.37. The van der Waals surface area contributed by atoms with E-state index in [2.05, 4.69) is 138 Å². The molecular formula is C60H37N7. The highest BCUT2D eigenvalue weighted by atomic mass is 15.1. The first-order valence-electron chi connectivity index (χ1n) is 22.4. The first-order chi connectivity index (χ1) is 33.2. The van der Waals surface area contributed by atoms with Crippen molar-refractivity contribution in [2.24, 2.45) is 0 Å². The molecule has 3 aromatic heterocycles. The lowest BCUT2D eigenvalue weighted by Crippen LogP contribution is -2.05. The number of hydrogen-bond donors (Lipinski definition) is 0. The Hall–Kier alpha value is -9.20. The summed E-state index contributed by atoms with van der Waals surface area (Å²) in [6.45, 7) is 0. The van der Waals surface area contributed by atoms with Gasteiger partial charge in [-0.15, -0.1) is 0 Å². The van der Waals surface area contributed by atoms with Gasteiger partial charge >= 0.3 is 0 Å². The van der Waals surface area contributed by atoms with Crippen molar-refractivity contribution in [1.29, 1.82) is 0 Å². The Labute approximate surface area is 385 Å². The fourth-order valence-corrected chi connectivity index (χ4v) is 9.56. The molecule has 67 heavy (non-hydrogen) atoms. The van der Waals surface area contributed by atoms with E-state index in [1.54, 1.807) is 0 Å². The quantitative estimate of drug-likeness (QED) is 0.149. The number of hydrogen-bond acceptors (Lipinski definition) is 6. The number of rotatable bonds is 7. The molecule has 7 nitrogen and oxygen atoms in total. The summed E-state index contributed by atoms with van der Waals surface area (Å²) in [4.78, 5) is 31.4. The maximum absolute atomic E-state index is 5.32. The van der Waals surface area contributed by atoms with Gasteiger partial charge in [-0.05, 0) is 68.7 Å². The van der Waals surface area contributed by atoms with Crippen molar-refractivity contribution in [3.05, 3.63) is 224 Å². The second-order valence-corrected chi connectivity index (χ2v) is 16.7. The van der Waals surface area contributed by atoms with Crippen LogP contribution in [0, 0.1) is 0 Å². The number of nitrogens with zero attached hydrogens (tertiary/aromatic N) is 7. The van der Waals surface area contributed by atoms with E-state index in [0.717, 1.165) is 66.3 Å². The minimum Gasteiger partial charge on any atom is -0.309 e. The Kier molecular flexibility index (Phi) is 9.03. The van der Waals surface area contributed by atoms with E-state index in [-0.39, 0.29) is 0 Å². The molecule has 0 fully saturated rings. The van der Waals surface area contributed by atoms with Gasteiger partial charge in [0.25, 0.3) is 0 Å². The summed E-state index contributed by atoms with van der Waals surface area (Å²) in [6, 6.07) is 77.6. The number of benzene rings is 10. The molecular weight excluding hydrogens is 819 g/mol. The second-order valence-electron chi connectivity index (χ2n) is 16.7. The zero-order valence-corrected chi connectivity index (χ0v) is 36.0. The fourth-order valence-electron chi connectivity index (χ4n) is 9.56. The zero-order chi connectivity index (χ0) is 44.3. The summed E-state index contributed by atoms with van der Waals surface area (Å²) in [5, 5.41) is 9.48. The first kappa shape index (κ1) is 38.3. The average molecular weight is 856 g/mol. The Bertz CT molecular complexity index is 3890. The SMILES string of the molecule is c1ccc(-c2nc(-c3ccc(-n4c5ccccc5c5ccccc54)c(-c4nc(-c5ccccc5)nc(-c5ccccc5)n4)c3)nc(-c3ccc4c5ccccc5c5ccccc5c4c3)n2)cc1. The van der Waals surface area contributed by atoms with E-state index in [0.29, 0.717) is 34.9 Å². The number of para-hydroxylation sites is 2. The molecule has 7 heteroatoms. The van der Waals surface area contributed by atoms with Crippen molar-refractivity contribution < 1.29 is 0 Å². The highest BCUT2D eigenvalue weighted by Gasteiger charge is 2.22. The highest BCUT2D eigenvalue weighted by molar-refractivity contribution is 6.25. The molecule has 312 valence electrons. The maximum Gasteiger partial charge on any atom is 0.166 e. The van der Waals surface area contributed by atoms with Crippen molar-refractivity contribution in [1.82, 2.24) is 34.5 Å². The van der Waals surface area contributed by atoms with Gasteiger partial charge in [-0.1, -0.05) is 188 Å². The molecule has 0 aliphatic carbocycles. The Morgan fingerprint density at radius 3 is 1.01 bits per heavy atom. The summed E-state index contributed by atoms with van der Waals surface area (Å²) in [6.07, 6.45) is 0. The minimum absolute atomic E-state index is 0.526. The Morgan fingerprint density at radius 1 is 0.224 bits per heavy atom. The third-order valence-electron chi connectivity index (χ3n) is 12.7. The monoisotopic (exact) mass is 855 g/mol.